The second-order valence-corrected chi connectivity index (χ2v) is 5.99. The number of halogens is 3. The Labute approximate surface area is 144 Å². The van der Waals surface area contributed by atoms with Gasteiger partial charge in [-0.2, -0.15) is 18.2 Å². The molecule has 1 N–H and O–H groups in total. The third-order valence-corrected chi connectivity index (χ3v) is 4.24. The Morgan fingerprint density at radius 3 is 2.84 bits per heavy atom. The molecule has 132 valence electrons. The maximum Gasteiger partial charge on any atom is 0.416 e. The van der Waals surface area contributed by atoms with Crippen LogP contribution in [-0.2, 0) is 6.18 Å². The summed E-state index contributed by atoms with van der Waals surface area (Å²) in [7, 11) is 0. The highest BCUT2D eigenvalue weighted by Gasteiger charge is 2.30. The predicted molar refractivity (Wildman–Crippen MR) is 92.9 cm³/mol. The van der Waals surface area contributed by atoms with E-state index in [4.69, 9.17) is 0 Å². The number of rotatable bonds is 4. The zero-order chi connectivity index (χ0) is 18.0. The molecule has 2 aromatic rings. The van der Waals surface area contributed by atoms with Gasteiger partial charge in [0, 0.05) is 30.0 Å². The lowest BCUT2D eigenvalue weighted by Gasteiger charge is -2.32. The van der Waals surface area contributed by atoms with Crippen LogP contribution in [0.5, 0.6) is 0 Å². The molecule has 0 saturated carbocycles. The number of aromatic nitrogens is 2. The summed E-state index contributed by atoms with van der Waals surface area (Å²) >= 11 is 0. The second-order valence-electron chi connectivity index (χ2n) is 5.99. The fourth-order valence-electron chi connectivity index (χ4n) is 2.68. The van der Waals surface area contributed by atoms with Gasteiger partial charge >= 0.3 is 6.18 Å². The molecule has 0 fully saturated rings. The second kappa shape index (κ2) is 6.74. The zero-order valence-electron chi connectivity index (χ0n) is 14.0. The van der Waals surface area contributed by atoms with Crippen LogP contribution in [0.1, 0.15) is 31.4 Å². The molecule has 2 heterocycles. The number of hydrogen-bond donors (Lipinski definition) is 1. The van der Waals surface area contributed by atoms with E-state index in [9.17, 15) is 13.2 Å². The van der Waals surface area contributed by atoms with Gasteiger partial charge in [0.1, 0.15) is 5.82 Å². The smallest absolute Gasteiger partial charge is 0.350 e. The van der Waals surface area contributed by atoms with Crippen LogP contribution < -0.4 is 10.2 Å². The number of benzene rings is 1. The number of hydrogen-bond acceptors (Lipinski definition) is 4. The fourth-order valence-corrected chi connectivity index (χ4v) is 2.68. The van der Waals surface area contributed by atoms with Crippen molar-refractivity contribution in [3.63, 3.8) is 0 Å². The molecule has 1 aliphatic rings. The highest BCUT2D eigenvalue weighted by molar-refractivity contribution is 5.69. The summed E-state index contributed by atoms with van der Waals surface area (Å²) in [4.78, 5) is 10.9. The van der Waals surface area contributed by atoms with Crippen LogP contribution in [-0.4, -0.2) is 22.6 Å². The van der Waals surface area contributed by atoms with E-state index >= 15 is 0 Å². The van der Waals surface area contributed by atoms with Gasteiger partial charge in [-0.15, -0.1) is 0 Å². The molecule has 1 atom stereocenters. The lowest BCUT2D eigenvalue weighted by molar-refractivity contribution is -0.137. The van der Waals surface area contributed by atoms with Crippen molar-refractivity contribution < 1.29 is 13.2 Å². The van der Waals surface area contributed by atoms with Crippen molar-refractivity contribution in [1.29, 1.82) is 0 Å². The Balaban J connectivity index is 1.89. The van der Waals surface area contributed by atoms with Gasteiger partial charge in [0.2, 0.25) is 5.95 Å². The van der Waals surface area contributed by atoms with E-state index in [1.54, 1.807) is 12.3 Å². The van der Waals surface area contributed by atoms with Crippen LogP contribution in [0.2, 0.25) is 0 Å². The molecule has 1 unspecified atom stereocenters. The first-order valence-electron chi connectivity index (χ1n) is 8.13. The summed E-state index contributed by atoms with van der Waals surface area (Å²) in [5, 5.41) is 2.87. The van der Waals surface area contributed by atoms with Gasteiger partial charge in [-0.3, -0.25) is 0 Å². The lowest BCUT2D eigenvalue weighted by Crippen LogP contribution is -2.35. The molecule has 25 heavy (non-hydrogen) atoms. The Morgan fingerprint density at radius 1 is 1.32 bits per heavy atom. The molecule has 3 rings (SSSR count). The highest BCUT2D eigenvalue weighted by atomic mass is 19.4. The minimum Gasteiger partial charge on any atom is -0.350 e. The molecule has 0 bridgehead atoms. The van der Waals surface area contributed by atoms with Crippen LogP contribution in [0.15, 0.2) is 36.5 Å². The van der Waals surface area contributed by atoms with Gasteiger partial charge in [0.25, 0.3) is 0 Å². The first kappa shape index (κ1) is 17.3. The third-order valence-electron chi connectivity index (χ3n) is 4.24. The number of nitrogens with one attached hydrogen (secondary N) is 1. The summed E-state index contributed by atoms with van der Waals surface area (Å²) in [6.45, 7) is 4.97. The topological polar surface area (TPSA) is 41.1 Å². The van der Waals surface area contributed by atoms with E-state index in [1.807, 2.05) is 6.08 Å². The average molecular weight is 348 g/mol. The minimum absolute atomic E-state index is 0.279. The fraction of sp³-hybridized carbons (Fsp3) is 0.333. The van der Waals surface area contributed by atoms with Crippen molar-refractivity contribution in [2.24, 2.45) is 0 Å². The van der Waals surface area contributed by atoms with E-state index < -0.39 is 11.7 Å². The molecule has 0 amide bonds. The summed E-state index contributed by atoms with van der Waals surface area (Å²) in [5.41, 5.74) is 0.497. The van der Waals surface area contributed by atoms with Gasteiger partial charge in [0.15, 0.2) is 0 Å². The summed E-state index contributed by atoms with van der Waals surface area (Å²) < 4.78 is 38.5. The predicted octanol–water partition coefficient (Wildman–Crippen LogP) is 4.87. The largest absolute Gasteiger partial charge is 0.416 e. The van der Waals surface area contributed by atoms with E-state index in [2.05, 4.69) is 40.1 Å². The van der Waals surface area contributed by atoms with Crippen LogP contribution in [0.25, 0.3) is 6.08 Å². The third kappa shape index (κ3) is 3.75. The standard InChI is InChI=1S/C18H19F3N4/c1-3-12(2)25-9-5-6-13-11-22-17(24-16(13)25)23-15-8-4-7-14(10-15)18(19,20)21/h4-8,10-12H,3,9H2,1-2H3,(H,22,23,24). The molecule has 0 radical (unpaired) electrons. The van der Waals surface area contributed by atoms with E-state index in [-0.39, 0.29) is 5.95 Å². The Bertz CT molecular complexity index is 786. The molecule has 0 saturated heterocycles. The van der Waals surface area contributed by atoms with Crippen molar-refractivity contribution >= 4 is 23.5 Å². The molecule has 7 heteroatoms. The molecule has 1 aromatic heterocycles. The summed E-state index contributed by atoms with van der Waals surface area (Å²) in [6.07, 6.45) is 2.28. The maximum absolute atomic E-state index is 12.8. The molecular formula is C18H19F3N4. The van der Waals surface area contributed by atoms with Crippen molar-refractivity contribution in [1.82, 2.24) is 9.97 Å². The normalized spacial score (nSPS) is 15.0. The van der Waals surface area contributed by atoms with Gasteiger partial charge in [-0.05, 0) is 31.5 Å². The van der Waals surface area contributed by atoms with Crippen molar-refractivity contribution in [2.45, 2.75) is 32.5 Å². The molecule has 0 aliphatic carbocycles. The van der Waals surface area contributed by atoms with E-state index in [1.165, 1.54) is 6.07 Å². The molecule has 0 spiro atoms. The van der Waals surface area contributed by atoms with Gasteiger partial charge < -0.3 is 10.2 Å². The number of anilines is 3. The SMILES string of the molecule is CCC(C)N1CC=Cc2cnc(Nc3cccc(C(F)(F)F)c3)nc21. The quantitative estimate of drug-likeness (QED) is 0.856. The first-order chi connectivity index (χ1) is 11.9. The number of alkyl halides is 3. The van der Waals surface area contributed by atoms with E-state index in [0.29, 0.717) is 11.7 Å². The van der Waals surface area contributed by atoms with Crippen molar-refractivity contribution in [3.05, 3.63) is 47.7 Å². The molecule has 1 aromatic carbocycles. The summed E-state index contributed by atoms with van der Waals surface area (Å²) in [6, 6.07) is 5.31. The molecule has 1 aliphatic heterocycles. The first-order valence-corrected chi connectivity index (χ1v) is 8.13. The number of nitrogens with zero attached hydrogens (tertiary/aromatic N) is 3. The van der Waals surface area contributed by atoms with Gasteiger partial charge in [-0.25, -0.2) is 4.98 Å². The van der Waals surface area contributed by atoms with Crippen LogP contribution in [0.4, 0.5) is 30.6 Å². The summed E-state index contributed by atoms with van der Waals surface area (Å²) in [5.74, 6) is 1.07. The average Bonchev–Trinajstić information content (AvgIpc) is 2.60. The van der Waals surface area contributed by atoms with Crippen molar-refractivity contribution in [2.75, 3.05) is 16.8 Å². The van der Waals surface area contributed by atoms with Gasteiger partial charge in [-0.1, -0.05) is 25.1 Å². The van der Waals surface area contributed by atoms with Crippen LogP contribution >= 0.6 is 0 Å². The monoisotopic (exact) mass is 348 g/mol. The Kier molecular flexibility index (Phi) is 4.65. The Morgan fingerprint density at radius 2 is 2.12 bits per heavy atom. The molecule has 4 nitrogen and oxygen atoms in total. The minimum atomic E-state index is -4.38. The molecular weight excluding hydrogens is 329 g/mol. The van der Waals surface area contributed by atoms with Gasteiger partial charge in [0.05, 0.1) is 5.56 Å². The lowest BCUT2D eigenvalue weighted by atomic mass is 10.1. The number of fused-ring (bicyclic) bond motifs is 1. The Hall–Kier alpha value is -2.57. The highest BCUT2D eigenvalue weighted by Crippen LogP contribution is 2.32. The van der Waals surface area contributed by atoms with Crippen molar-refractivity contribution in [3.8, 4) is 0 Å². The maximum atomic E-state index is 12.8. The van der Waals surface area contributed by atoms with Crippen LogP contribution in [0.3, 0.4) is 0 Å². The van der Waals surface area contributed by atoms with E-state index in [0.717, 1.165) is 36.5 Å². The van der Waals surface area contributed by atoms with Crippen LogP contribution in [0, 0.1) is 0 Å². The zero-order valence-corrected chi connectivity index (χ0v) is 14.0.